The molecular weight excluding hydrogens is 573 g/mol. The Kier molecular flexibility index (Phi) is 8.20. The van der Waals surface area contributed by atoms with Crippen LogP contribution in [0.15, 0.2) is 52.7 Å². The van der Waals surface area contributed by atoms with E-state index >= 15 is 0 Å². The van der Waals surface area contributed by atoms with E-state index in [0.717, 1.165) is 15.6 Å². The van der Waals surface area contributed by atoms with Gasteiger partial charge >= 0.3 is 5.97 Å². The molecule has 2 N–H and O–H groups in total. The molecule has 190 valence electrons. The summed E-state index contributed by atoms with van der Waals surface area (Å²) in [6.07, 6.45) is -1.22. The smallest absolute Gasteiger partial charge is 0.325 e. The molecule has 0 spiro atoms. The van der Waals surface area contributed by atoms with E-state index in [2.05, 4.69) is 10.3 Å². The monoisotopic (exact) mass is 589 g/mol. The van der Waals surface area contributed by atoms with E-state index in [1.165, 1.54) is 24.3 Å². The second-order valence-corrected chi connectivity index (χ2v) is 11.8. The third-order valence-corrected chi connectivity index (χ3v) is 8.88. The number of aliphatic hydroxyl groups is 1. The number of anilines is 1. The molecule has 1 fully saturated rings. The number of benzene rings is 2. The molecule has 0 saturated carbocycles. The number of hydrogen-bond acceptors (Lipinski definition) is 8. The number of sulfonamides is 1. The van der Waals surface area contributed by atoms with Crippen molar-refractivity contribution >= 4 is 73.2 Å². The lowest BCUT2D eigenvalue weighted by molar-refractivity contribution is -0.150. The number of ether oxygens (including phenoxy) is 1. The van der Waals surface area contributed by atoms with E-state index in [1.807, 2.05) is 0 Å². The Hall–Kier alpha value is -2.25. The average Bonchev–Trinajstić information content (AvgIpc) is 3.46. The molecule has 0 aliphatic carbocycles. The summed E-state index contributed by atoms with van der Waals surface area (Å²) in [6, 6.07) is 9.15. The fraction of sp³-hybridized carbons (Fsp3) is 0.227. The molecule has 1 aromatic heterocycles. The van der Waals surface area contributed by atoms with Gasteiger partial charge in [0.05, 0.1) is 26.7 Å². The number of carbonyl (C=O) groups is 2. The van der Waals surface area contributed by atoms with Gasteiger partial charge in [0.2, 0.25) is 10.0 Å². The highest BCUT2D eigenvalue weighted by atomic mass is 35.5. The molecular formula is C22H18Cl3N3O6S2. The van der Waals surface area contributed by atoms with Crippen LogP contribution in [0.25, 0.3) is 11.3 Å². The summed E-state index contributed by atoms with van der Waals surface area (Å²) in [5.41, 5.74) is 1.27. The molecule has 0 unspecified atom stereocenters. The van der Waals surface area contributed by atoms with Crippen LogP contribution in [0.5, 0.6) is 0 Å². The van der Waals surface area contributed by atoms with Crippen LogP contribution in [-0.4, -0.2) is 60.0 Å². The summed E-state index contributed by atoms with van der Waals surface area (Å²) in [5, 5.41) is 15.7. The molecule has 0 bridgehead atoms. The van der Waals surface area contributed by atoms with Crippen LogP contribution in [0.4, 0.5) is 5.13 Å². The second kappa shape index (κ2) is 11.0. The zero-order valence-corrected chi connectivity index (χ0v) is 22.1. The Morgan fingerprint density at radius 2 is 1.86 bits per heavy atom. The molecule has 2 atom stereocenters. The van der Waals surface area contributed by atoms with E-state index < -0.39 is 40.7 Å². The van der Waals surface area contributed by atoms with Crippen LogP contribution < -0.4 is 5.32 Å². The lowest BCUT2D eigenvalue weighted by Gasteiger charge is -2.22. The van der Waals surface area contributed by atoms with Crippen molar-refractivity contribution in [2.24, 2.45) is 0 Å². The molecule has 14 heteroatoms. The fourth-order valence-electron chi connectivity index (χ4n) is 3.51. The normalized spacial score (nSPS) is 18.2. The molecule has 2 heterocycles. The van der Waals surface area contributed by atoms with E-state index in [-0.39, 0.29) is 23.0 Å². The largest absolute Gasteiger partial charge is 0.454 e. The van der Waals surface area contributed by atoms with Gasteiger partial charge in [-0.05, 0) is 36.4 Å². The van der Waals surface area contributed by atoms with E-state index in [4.69, 9.17) is 39.5 Å². The van der Waals surface area contributed by atoms with Crippen LogP contribution in [0.3, 0.4) is 0 Å². The van der Waals surface area contributed by atoms with Gasteiger partial charge in [-0.25, -0.2) is 13.4 Å². The molecule has 3 aromatic rings. The van der Waals surface area contributed by atoms with Gasteiger partial charge in [-0.1, -0.05) is 40.9 Å². The van der Waals surface area contributed by atoms with Crippen molar-refractivity contribution in [3.63, 3.8) is 0 Å². The first-order valence-corrected chi connectivity index (χ1v) is 13.8. The lowest BCUT2D eigenvalue weighted by atomic mass is 10.2. The molecule has 1 amide bonds. The summed E-state index contributed by atoms with van der Waals surface area (Å²) < 4.78 is 31.9. The summed E-state index contributed by atoms with van der Waals surface area (Å²) in [7, 11) is -4.11. The SMILES string of the molecule is O=C(COC(=O)[C@@H]1C[C@@H](O)CN1S(=O)(=O)c1ccc(Cl)cc1)Nc1nc(-c2ccc(Cl)c(Cl)c2)cs1. The Balaban J connectivity index is 1.37. The highest BCUT2D eigenvalue weighted by Gasteiger charge is 2.44. The first-order valence-electron chi connectivity index (χ1n) is 10.4. The van der Waals surface area contributed by atoms with Gasteiger partial charge in [-0.15, -0.1) is 11.3 Å². The first-order chi connectivity index (χ1) is 17.0. The van der Waals surface area contributed by atoms with E-state index in [1.54, 1.807) is 23.6 Å². The fourth-order valence-corrected chi connectivity index (χ4v) is 6.30. The van der Waals surface area contributed by atoms with Gasteiger partial charge in [0.15, 0.2) is 11.7 Å². The number of nitrogens with zero attached hydrogens (tertiary/aromatic N) is 2. The number of halogens is 3. The number of amides is 1. The minimum absolute atomic E-state index is 0.0851. The highest BCUT2D eigenvalue weighted by molar-refractivity contribution is 7.89. The van der Waals surface area contributed by atoms with Gasteiger partial charge < -0.3 is 9.84 Å². The number of β-amino-alcohol motifs (C(OH)–C–C–N with tert-alkyl or cyclic N) is 1. The summed E-state index contributed by atoms with van der Waals surface area (Å²) >= 11 is 18.9. The quantitative estimate of drug-likeness (QED) is 0.397. The molecule has 1 aliphatic rings. The number of aromatic nitrogens is 1. The number of rotatable bonds is 7. The summed E-state index contributed by atoms with van der Waals surface area (Å²) in [4.78, 5) is 29.2. The predicted octanol–water partition coefficient (Wildman–Crippen LogP) is 4.08. The maximum absolute atomic E-state index is 13.0. The Labute approximate surface area is 225 Å². The van der Waals surface area contributed by atoms with Crippen LogP contribution in [0.1, 0.15) is 6.42 Å². The lowest BCUT2D eigenvalue weighted by Crippen LogP contribution is -2.42. The maximum atomic E-state index is 13.0. The minimum atomic E-state index is -4.11. The van der Waals surface area contributed by atoms with Crippen LogP contribution in [0.2, 0.25) is 15.1 Å². The van der Waals surface area contributed by atoms with Crippen molar-refractivity contribution in [1.29, 1.82) is 0 Å². The molecule has 2 aromatic carbocycles. The van der Waals surface area contributed by atoms with Crippen molar-refractivity contribution in [1.82, 2.24) is 9.29 Å². The summed E-state index contributed by atoms with van der Waals surface area (Å²) in [5.74, 6) is -1.61. The molecule has 0 radical (unpaired) electrons. The van der Waals surface area contributed by atoms with Gasteiger partial charge in [-0.3, -0.25) is 14.9 Å². The average molecular weight is 591 g/mol. The molecule has 9 nitrogen and oxygen atoms in total. The minimum Gasteiger partial charge on any atom is -0.454 e. The molecule has 1 saturated heterocycles. The number of carbonyl (C=O) groups excluding carboxylic acids is 2. The number of esters is 1. The van der Waals surface area contributed by atoms with Gasteiger partial charge in [-0.2, -0.15) is 4.31 Å². The molecule has 36 heavy (non-hydrogen) atoms. The second-order valence-electron chi connectivity index (χ2n) is 7.76. The van der Waals surface area contributed by atoms with Crippen molar-refractivity contribution in [2.45, 2.75) is 23.5 Å². The van der Waals surface area contributed by atoms with Crippen molar-refractivity contribution in [3.8, 4) is 11.3 Å². The standard InChI is InChI=1S/C22H18Cl3N3O6S2/c23-13-2-4-15(5-3-13)36(32,33)28-9-14(29)8-19(28)21(31)34-10-20(30)27-22-26-18(11-35-22)12-1-6-16(24)17(25)7-12/h1-7,11,14,19,29H,8-10H2,(H,26,27,30)/t14-,19+/m1/s1. The van der Waals surface area contributed by atoms with Gasteiger partial charge in [0, 0.05) is 28.9 Å². The van der Waals surface area contributed by atoms with Crippen LogP contribution in [0, 0.1) is 0 Å². The predicted molar refractivity (Wildman–Crippen MR) is 137 cm³/mol. The third-order valence-electron chi connectivity index (χ3n) is 5.24. The Morgan fingerprint density at radius 3 is 2.56 bits per heavy atom. The van der Waals surface area contributed by atoms with E-state index in [9.17, 15) is 23.1 Å². The first kappa shape index (κ1) is 26.8. The van der Waals surface area contributed by atoms with Crippen molar-refractivity contribution < 1.29 is 27.9 Å². The maximum Gasteiger partial charge on any atom is 0.325 e. The topological polar surface area (TPSA) is 126 Å². The van der Waals surface area contributed by atoms with Gasteiger partial charge in [0.1, 0.15) is 6.04 Å². The Morgan fingerprint density at radius 1 is 1.14 bits per heavy atom. The van der Waals surface area contributed by atoms with Crippen LogP contribution in [-0.2, 0) is 24.3 Å². The number of nitrogens with one attached hydrogen (secondary N) is 1. The van der Waals surface area contributed by atoms with Gasteiger partial charge in [0.25, 0.3) is 5.91 Å². The molecule has 4 rings (SSSR count). The number of aliphatic hydroxyl groups excluding tert-OH is 1. The highest BCUT2D eigenvalue weighted by Crippen LogP contribution is 2.31. The zero-order chi connectivity index (χ0) is 26.0. The number of hydrogen-bond donors (Lipinski definition) is 2. The van der Waals surface area contributed by atoms with Crippen molar-refractivity contribution in [2.75, 3.05) is 18.5 Å². The Bertz CT molecular complexity index is 1400. The van der Waals surface area contributed by atoms with Crippen LogP contribution >= 0.6 is 46.1 Å². The third kappa shape index (κ3) is 6.00. The number of thiazole rings is 1. The summed E-state index contributed by atoms with van der Waals surface area (Å²) in [6.45, 7) is -0.949. The van der Waals surface area contributed by atoms with Crippen molar-refractivity contribution in [3.05, 3.63) is 62.9 Å². The zero-order valence-electron chi connectivity index (χ0n) is 18.2. The molecule has 1 aliphatic heterocycles. The van der Waals surface area contributed by atoms with E-state index in [0.29, 0.717) is 26.3 Å².